The van der Waals surface area contributed by atoms with Gasteiger partial charge in [0.25, 0.3) is 5.91 Å². The molecule has 2 aromatic heterocycles. The zero-order valence-corrected chi connectivity index (χ0v) is 18.1. The highest BCUT2D eigenvalue weighted by Gasteiger charge is 2.20. The fourth-order valence-electron chi connectivity index (χ4n) is 3.44. The molecular formula is C21H23ClFN7O2. The van der Waals surface area contributed by atoms with Crippen LogP contribution in [0.4, 0.5) is 10.3 Å². The molecule has 1 aliphatic rings. The van der Waals surface area contributed by atoms with Gasteiger partial charge in [-0.2, -0.15) is 4.98 Å². The molecule has 0 saturated carbocycles. The first-order valence-corrected chi connectivity index (χ1v) is 10.5. The molecule has 0 radical (unpaired) electrons. The van der Waals surface area contributed by atoms with Crippen LogP contribution in [-0.2, 0) is 4.74 Å². The van der Waals surface area contributed by atoms with Crippen LogP contribution in [0.1, 0.15) is 34.1 Å². The van der Waals surface area contributed by atoms with E-state index in [0.717, 1.165) is 12.0 Å². The number of nitrogens with two attached hydrogens (primary N) is 1. The van der Waals surface area contributed by atoms with Gasteiger partial charge in [-0.15, -0.1) is 0 Å². The van der Waals surface area contributed by atoms with Crippen molar-refractivity contribution in [3.63, 3.8) is 0 Å². The predicted octanol–water partition coefficient (Wildman–Crippen LogP) is 2.39. The van der Waals surface area contributed by atoms with Crippen LogP contribution in [0.15, 0.2) is 36.9 Å². The molecule has 168 valence electrons. The topological polar surface area (TPSA) is 120 Å². The molecule has 0 unspecified atom stereocenters. The summed E-state index contributed by atoms with van der Waals surface area (Å²) in [5, 5.41) is 6.25. The molecule has 4 N–H and O–H groups in total. The molecule has 2 atom stereocenters. The van der Waals surface area contributed by atoms with Gasteiger partial charge in [-0.05, 0) is 37.1 Å². The van der Waals surface area contributed by atoms with Crippen molar-refractivity contribution < 1.29 is 13.9 Å². The quantitative estimate of drug-likeness (QED) is 0.496. The number of ether oxygens (including phenoxy) is 1. The van der Waals surface area contributed by atoms with E-state index in [1.165, 1.54) is 18.5 Å². The van der Waals surface area contributed by atoms with Gasteiger partial charge in [-0.25, -0.2) is 14.4 Å². The Balaban J connectivity index is 1.51. The number of carbonyl (C=O) groups is 1. The van der Waals surface area contributed by atoms with Gasteiger partial charge in [0.2, 0.25) is 5.95 Å². The molecule has 1 fully saturated rings. The Labute approximate surface area is 189 Å². The first kappa shape index (κ1) is 22.1. The van der Waals surface area contributed by atoms with E-state index in [4.69, 9.17) is 22.1 Å². The van der Waals surface area contributed by atoms with Crippen LogP contribution in [0.25, 0.3) is 5.82 Å². The maximum atomic E-state index is 13.7. The monoisotopic (exact) mass is 459 g/mol. The fraction of sp³-hybridized carbons (Fsp3) is 0.333. The predicted molar refractivity (Wildman–Crippen MR) is 117 cm³/mol. The largest absolute Gasteiger partial charge is 0.379 e. The molecule has 1 aliphatic heterocycles. The third-order valence-electron chi connectivity index (χ3n) is 5.10. The van der Waals surface area contributed by atoms with Crippen LogP contribution in [0.2, 0.25) is 5.02 Å². The average molecular weight is 460 g/mol. The molecule has 0 aliphatic carbocycles. The maximum absolute atomic E-state index is 13.7. The van der Waals surface area contributed by atoms with Crippen LogP contribution < -0.4 is 16.4 Å². The van der Waals surface area contributed by atoms with Gasteiger partial charge in [0.1, 0.15) is 23.7 Å². The summed E-state index contributed by atoms with van der Waals surface area (Å²) in [6.45, 7) is 3.26. The minimum Gasteiger partial charge on any atom is -0.379 e. The summed E-state index contributed by atoms with van der Waals surface area (Å²) in [7, 11) is 0. The zero-order chi connectivity index (χ0) is 22.7. The highest BCUT2D eigenvalue weighted by molar-refractivity contribution is 6.30. The lowest BCUT2D eigenvalue weighted by Crippen LogP contribution is -2.33. The van der Waals surface area contributed by atoms with E-state index in [2.05, 4.69) is 25.6 Å². The van der Waals surface area contributed by atoms with Crippen molar-refractivity contribution in [2.45, 2.75) is 25.4 Å². The molecule has 4 rings (SSSR count). The van der Waals surface area contributed by atoms with E-state index in [0.29, 0.717) is 30.5 Å². The second-order valence-electron chi connectivity index (χ2n) is 7.54. The number of nitrogens with zero attached hydrogens (tertiary/aromatic N) is 4. The summed E-state index contributed by atoms with van der Waals surface area (Å²) >= 11 is 5.92. The number of amides is 1. The molecule has 3 aromatic rings. The molecule has 0 bridgehead atoms. The van der Waals surface area contributed by atoms with Crippen LogP contribution >= 0.6 is 11.6 Å². The normalized spacial score (nSPS) is 16.7. The third kappa shape index (κ3) is 5.04. The SMILES string of the molecule is Cc1cnc(N[C@H]2CCOC2)nc1-n1cnc(C(=O)N[C@H](CN)c2cc(F)cc(Cl)c2)c1. The van der Waals surface area contributed by atoms with Crippen molar-refractivity contribution in [1.29, 1.82) is 0 Å². The molecule has 3 heterocycles. The van der Waals surface area contributed by atoms with Crippen molar-refractivity contribution in [1.82, 2.24) is 24.8 Å². The van der Waals surface area contributed by atoms with Crippen molar-refractivity contribution in [3.05, 3.63) is 64.6 Å². The first-order chi connectivity index (χ1) is 15.4. The minimum atomic E-state index is -0.619. The Bertz CT molecular complexity index is 1100. The summed E-state index contributed by atoms with van der Waals surface area (Å²) < 4.78 is 20.7. The molecule has 1 aromatic carbocycles. The number of aromatic nitrogens is 4. The van der Waals surface area contributed by atoms with E-state index in [9.17, 15) is 9.18 Å². The third-order valence-corrected chi connectivity index (χ3v) is 5.31. The number of halogens is 2. The van der Waals surface area contributed by atoms with Gasteiger partial charge in [0, 0.05) is 36.1 Å². The highest BCUT2D eigenvalue weighted by atomic mass is 35.5. The van der Waals surface area contributed by atoms with Crippen molar-refractivity contribution in [3.8, 4) is 5.82 Å². The summed E-state index contributed by atoms with van der Waals surface area (Å²) in [6, 6.07) is 3.59. The van der Waals surface area contributed by atoms with Gasteiger partial charge in [-0.3, -0.25) is 9.36 Å². The standard InChI is InChI=1S/C21H23ClFN7O2/c1-12-8-25-21(27-16-2-3-32-10-16)29-19(12)30-9-18(26-11-30)20(31)28-17(7-24)13-4-14(22)6-15(23)5-13/h4-6,8-9,11,16-17H,2-3,7,10,24H2,1H3,(H,28,31)(H,25,27,29)/t16-,17+/m0/s1. The maximum Gasteiger partial charge on any atom is 0.272 e. The van der Waals surface area contributed by atoms with Crippen molar-refractivity contribution >= 4 is 23.5 Å². The van der Waals surface area contributed by atoms with Crippen molar-refractivity contribution in [2.24, 2.45) is 5.73 Å². The number of aryl methyl sites for hydroxylation is 1. The fourth-order valence-corrected chi connectivity index (χ4v) is 3.67. The van der Waals surface area contributed by atoms with E-state index >= 15 is 0 Å². The number of rotatable bonds is 7. The van der Waals surface area contributed by atoms with Crippen LogP contribution in [0.5, 0.6) is 0 Å². The van der Waals surface area contributed by atoms with Gasteiger partial charge in [0.05, 0.1) is 18.7 Å². The van der Waals surface area contributed by atoms with E-state index in [1.54, 1.807) is 23.0 Å². The number of anilines is 1. The Morgan fingerprint density at radius 3 is 2.97 bits per heavy atom. The molecule has 1 saturated heterocycles. The van der Waals surface area contributed by atoms with Crippen molar-refractivity contribution in [2.75, 3.05) is 25.1 Å². The molecule has 32 heavy (non-hydrogen) atoms. The summed E-state index contributed by atoms with van der Waals surface area (Å²) in [5.74, 6) is 0.122. The first-order valence-electron chi connectivity index (χ1n) is 10.1. The van der Waals surface area contributed by atoms with E-state index in [-0.39, 0.29) is 23.3 Å². The van der Waals surface area contributed by atoms with E-state index < -0.39 is 17.8 Å². The lowest BCUT2D eigenvalue weighted by molar-refractivity contribution is 0.0933. The number of benzene rings is 1. The van der Waals surface area contributed by atoms with Gasteiger partial charge in [-0.1, -0.05) is 11.6 Å². The van der Waals surface area contributed by atoms with Crippen LogP contribution in [0.3, 0.4) is 0 Å². The highest BCUT2D eigenvalue weighted by Crippen LogP contribution is 2.20. The van der Waals surface area contributed by atoms with Gasteiger partial charge < -0.3 is 21.1 Å². The number of hydrogen-bond donors (Lipinski definition) is 3. The number of carbonyl (C=O) groups excluding carboxylic acids is 1. The second kappa shape index (κ2) is 9.60. The molecular weight excluding hydrogens is 437 g/mol. The summed E-state index contributed by atoms with van der Waals surface area (Å²) in [5.41, 5.74) is 7.25. The number of imidazole rings is 1. The minimum absolute atomic E-state index is 0.0666. The summed E-state index contributed by atoms with van der Waals surface area (Å²) in [6.07, 6.45) is 5.67. The molecule has 11 heteroatoms. The molecule has 0 spiro atoms. The number of hydrogen-bond acceptors (Lipinski definition) is 7. The van der Waals surface area contributed by atoms with Crippen LogP contribution in [0, 0.1) is 12.7 Å². The zero-order valence-electron chi connectivity index (χ0n) is 17.4. The Morgan fingerprint density at radius 1 is 1.41 bits per heavy atom. The Hall–Kier alpha value is -3.08. The lowest BCUT2D eigenvalue weighted by atomic mass is 10.1. The molecule has 1 amide bonds. The van der Waals surface area contributed by atoms with Crippen LogP contribution in [-0.4, -0.2) is 51.2 Å². The summed E-state index contributed by atoms with van der Waals surface area (Å²) in [4.78, 5) is 25.8. The Kier molecular flexibility index (Phi) is 6.63. The smallest absolute Gasteiger partial charge is 0.272 e. The Morgan fingerprint density at radius 2 is 2.25 bits per heavy atom. The van der Waals surface area contributed by atoms with E-state index in [1.807, 2.05) is 6.92 Å². The average Bonchev–Trinajstić information content (AvgIpc) is 3.45. The molecule has 9 nitrogen and oxygen atoms in total. The second-order valence-corrected chi connectivity index (χ2v) is 7.97. The number of nitrogens with one attached hydrogen (secondary N) is 2. The van der Waals surface area contributed by atoms with Gasteiger partial charge in [0.15, 0.2) is 0 Å². The van der Waals surface area contributed by atoms with Gasteiger partial charge >= 0.3 is 0 Å². The lowest BCUT2D eigenvalue weighted by Gasteiger charge is -2.17.